The van der Waals surface area contributed by atoms with Crippen molar-refractivity contribution in [2.24, 2.45) is 0 Å². The summed E-state index contributed by atoms with van der Waals surface area (Å²) in [5.74, 6) is 0.191. The number of ketones is 1. The summed E-state index contributed by atoms with van der Waals surface area (Å²) in [4.78, 5) is 10.9. The maximum Gasteiger partial charge on any atom is 0.143 e. The Morgan fingerprint density at radius 3 is 2.11 bits per heavy atom. The molecule has 0 saturated heterocycles. The fraction of sp³-hybridized carbons (Fsp3) is 0.588. The molecular formula is C17H27NO. The maximum atomic E-state index is 10.9. The van der Waals surface area contributed by atoms with E-state index in [2.05, 4.69) is 52.1 Å². The van der Waals surface area contributed by atoms with Gasteiger partial charge in [0.25, 0.3) is 0 Å². The standard InChI is InChI=1S/C17H27NO/c1-12-9-15(17(4,5)6)10-13(2)16(12)7-8-18-11-14(3)19/h9-10,18H,7-8,11H2,1-6H3. The molecule has 1 aromatic carbocycles. The van der Waals surface area contributed by atoms with Crippen LogP contribution in [0.3, 0.4) is 0 Å². The lowest BCUT2D eigenvalue weighted by atomic mass is 9.83. The number of rotatable bonds is 5. The summed E-state index contributed by atoms with van der Waals surface area (Å²) in [6.07, 6.45) is 0.982. The maximum absolute atomic E-state index is 10.9. The third-order valence-corrected chi connectivity index (χ3v) is 3.49. The van der Waals surface area contributed by atoms with Gasteiger partial charge in [-0.05, 0) is 61.4 Å². The van der Waals surface area contributed by atoms with E-state index in [9.17, 15) is 4.79 Å². The number of carbonyl (C=O) groups is 1. The van der Waals surface area contributed by atoms with Gasteiger partial charge in [0.2, 0.25) is 0 Å². The summed E-state index contributed by atoms with van der Waals surface area (Å²) < 4.78 is 0. The predicted octanol–water partition coefficient (Wildman–Crippen LogP) is 3.32. The highest BCUT2D eigenvalue weighted by Gasteiger charge is 2.16. The second-order valence-corrected chi connectivity index (χ2v) is 6.47. The number of carbonyl (C=O) groups excluding carboxylic acids is 1. The molecule has 0 atom stereocenters. The van der Waals surface area contributed by atoms with Crippen LogP contribution < -0.4 is 5.32 Å². The molecule has 1 aromatic rings. The topological polar surface area (TPSA) is 29.1 Å². The van der Waals surface area contributed by atoms with E-state index in [0.29, 0.717) is 6.54 Å². The minimum Gasteiger partial charge on any atom is -0.310 e. The van der Waals surface area contributed by atoms with E-state index in [1.165, 1.54) is 22.3 Å². The normalized spacial score (nSPS) is 11.7. The van der Waals surface area contributed by atoms with Crippen molar-refractivity contribution in [3.05, 3.63) is 34.4 Å². The van der Waals surface area contributed by atoms with Crippen molar-refractivity contribution in [3.8, 4) is 0 Å². The molecule has 1 N–H and O–H groups in total. The van der Waals surface area contributed by atoms with E-state index in [4.69, 9.17) is 0 Å². The molecule has 0 spiro atoms. The minimum absolute atomic E-state index is 0.191. The Labute approximate surface area is 117 Å². The molecule has 0 unspecified atom stereocenters. The van der Waals surface area contributed by atoms with Crippen LogP contribution >= 0.6 is 0 Å². The van der Waals surface area contributed by atoms with E-state index in [1.54, 1.807) is 6.92 Å². The number of benzene rings is 1. The van der Waals surface area contributed by atoms with Gasteiger partial charge in [-0.25, -0.2) is 0 Å². The van der Waals surface area contributed by atoms with Crippen LogP contribution in [0.25, 0.3) is 0 Å². The zero-order valence-electron chi connectivity index (χ0n) is 13.2. The van der Waals surface area contributed by atoms with E-state index < -0.39 is 0 Å². The summed E-state index contributed by atoms with van der Waals surface area (Å²) in [6.45, 7) is 14.0. The Bertz CT molecular complexity index is 432. The van der Waals surface area contributed by atoms with Gasteiger partial charge in [0, 0.05) is 0 Å². The van der Waals surface area contributed by atoms with Crippen molar-refractivity contribution < 1.29 is 4.79 Å². The van der Waals surface area contributed by atoms with Crippen LogP contribution in [0.15, 0.2) is 12.1 Å². The van der Waals surface area contributed by atoms with Crippen molar-refractivity contribution in [1.82, 2.24) is 5.32 Å². The monoisotopic (exact) mass is 261 g/mol. The van der Waals surface area contributed by atoms with Gasteiger partial charge in [0.15, 0.2) is 0 Å². The first kappa shape index (κ1) is 15.9. The highest BCUT2D eigenvalue weighted by molar-refractivity contribution is 5.77. The molecule has 0 heterocycles. The molecule has 0 bridgehead atoms. The fourth-order valence-electron chi connectivity index (χ4n) is 2.30. The van der Waals surface area contributed by atoms with Crippen LogP contribution in [0.4, 0.5) is 0 Å². The lowest BCUT2D eigenvalue weighted by molar-refractivity contribution is -0.116. The van der Waals surface area contributed by atoms with E-state index in [0.717, 1.165) is 13.0 Å². The molecule has 0 radical (unpaired) electrons. The Morgan fingerprint density at radius 2 is 1.68 bits per heavy atom. The number of Topliss-reactive ketones (excluding diaryl/α,β-unsaturated/α-hetero) is 1. The van der Waals surface area contributed by atoms with Crippen molar-refractivity contribution >= 4 is 5.78 Å². The number of hydrogen-bond acceptors (Lipinski definition) is 2. The van der Waals surface area contributed by atoms with Crippen LogP contribution in [-0.4, -0.2) is 18.9 Å². The van der Waals surface area contributed by atoms with Gasteiger partial charge in [-0.15, -0.1) is 0 Å². The number of nitrogens with one attached hydrogen (secondary N) is 1. The molecule has 2 heteroatoms. The van der Waals surface area contributed by atoms with Crippen LogP contribution in [0, 0.1) is 13.8 Å². The molecule has 2 nitrogen and oxygen atoms in total. The molecule has 0 aliphatic carbocycles. The second kappa shape index (κ2) is 6.33. The molecule has 0 fully saturated rings. The van der Waals surface area contributed by atoms with E-state index in [1.807, 2.05) is 0 Å². The molecule has 0 amide bonds. The van der Waals surface area contributed by atoms with Crippen molar-refractivity contribution in [2.75, 3.05) is 13.1 Å². The molecule has 19 heavy (non-hydrogen) atoms. The first-order valence-corrected chi connectivity index (χ1v) is 7.02. The summed E-state index contributed by atoms with van der Waals surface area (Å²) in [7, 11) is 0. The van der Waals surface area contributed by atoms with E-state index in [-0.39, 0.29) is 11.2 Å². The average molecular weight is 261 g/mol. The van der Waals surface area contributed by atoms with Gasteiger partial charge in [-0.1, -0.05) is 32.9 Å². The highest BCUT2D eigenvalue weighted by Crippen LogP contribution is 2.26. The van der Waals surface area contributed by atoms with Crippen LogP contribution in [0.5, 0.6) is 0 Å². The lowest BCUT2D eigenvalue weighted by Crippen LogP contribution is -2.24. The van der Waals surface area contributed by atoms with Gasteiger partial charge in [-0.3, -0.25) is 4.79 Å². The quantitative estimate of drug-likeness (QED) is 0.824. The summed E-state index contributed by atoms with van der Waals surface area (Å²) >= 11 is 0. The smallest absolute Gasteiger partial charge is 0.143 e. The Hall–Kier alpha value is -1.15. The van der Waals surface area contributed by atoms with Gasteiger partial charge < -0.3 is 5.32 Å². The van der Waals surface area contributed by atoms with Gasteiger partial charge in [0.05, 0.1) is 6.54 Å². The van der Waals surface area contributed by atoms with Crippen molar-refractivity contribution in [3.63, 3.8) is 0 Å². The zero-order valence-corrected chi connectivity index (χ0v) is 13.2. The van der Waals surface area contributed by atoms with Crippen molar-refractivity contribution in [2.45, 2.75) is 53.4 Å². The average Bonchev–Trinajstić information content (AvgIpc) is 2.25. The second-order valence-electron chi connectivity index (χ2n) is 6.47. The molecule has 0 aliphatic heterocycles. The van der Waals surface area contributed by atoms with Crippen molar-refractivity contribution in [1.29, 1.82) is 0 Å². The Kier molecular flexibility index (Phi) is 5.30. The molecule has 1 rings (SSSR count). The third-order valence-electron chi connectivity index (χ3n) is 3.49. The minimum atomic E-state index is 0.191. The summed E-state index contributed by atoms with van der Waals surface area (Å²) in [6, 6.07) is 4.60. The summed E-state index contributed by atoms with van der Waals surface area (Å²) in [5.41, 5.74) is 5.71. The Morgan fingerprint density at radius 1 is 1.16 bits per heavy atom. The van der Waals surface area contributed by atoms with Gasteiger partial charge >= 0.3 is 0 Å². The zero-order chi connectivity index (χ0) is 14.6. The Balaban J connectivity index is 2.78. The van der Waals surface area contributed by atoms with Gasteiger partial charge in [-0.2, -0.15) is 0 Å². The number of aryl methyl sites for hydroxylation is 2. The first-order valence-electron chi connectivity index (χ1n) is 7.02. The molecular weight excluding hydrogens is 234 g/mol. The van der Waals surface area contributed by atoms with Crippen LogP contribution in [0.2, 0.25) is 0 Å². The number of hydrogen-bond donors (Lipinski definition) is 1. The molecule has 106 valence electrons. The molecule has 0 saturated carbocycles. The molecule has 0 aliphatic rings. The summed E-state index contributed by atoms with van der Waals surface area (Å²) in [5, 5.41) is 3.18. The van der Waals surface area contributed by atoms with Crippen LogP contribution in [0.1, 0.15) is 49.9 Å². The third kappa shape index (κ3) is 4.79. The highest BCUT2D eigenvalue weighted by atomic mass is 16.1. The van der Waals surface area contributed by atoms with E-state index >= 15 is 0 Å². The fourth-order valence-corrected chi connectivity index (χ4v) is 2.30. The first-order chi connectivity index (χ1) is 8.71. The van der Waals surface area contributed by atoms with Gasteiger partial charge in [0.1, 0.15) is 5.78 Å². The van der Waals surface area contributed by atoms with Crippen LogP contribution in [-0.2, 0) is 16.6 Å². The predicted molar refractivity (Wildman–Crippen MR) is 81.9 cm³/mol. The molecule has 0 aromatic heterocycles. The lowest BCUT2D eigenvalue weighted by Gasteiger charge is -2.22. The largest absolute Gasteiger partial charge is 0.310 e. The SMILES string of the molecule is CC(=O)CNCCc1c(C)cc(C(C)(C)C)cc1C.